The van der Waals surface area contributed by atoms with E-state index >= 15 is 0 Å². The second-order valence-electron chi connectivity index (χ2n) is 6.03. The van der Waals surface area contributed by atoms with Crippen LogP contribution in [0.25, 0.3) is 0 Å². The molecule has 3 heteroatoms. The number of rotatable bonds is 4. The summed E-state index contributed by atoms with van der Waals surface area (Å²) < 4.78 is 11.6. The summed E-state index contributed by atoms with van der Waals surface area (Å²) in [6.45, 7) is 1.89. The van der Waals surface area contributed by atoms with E-state index in [1.807, 2.05) is 0 Å². The van der Waals surface area contributed by atoms with Crippen LogP contribution in [-0.4, -0.2) is 30.7 Å². The van der Waals surface area contributed by atoms with Gasteiger partial charge in [-0.3, -0.25) is 0 Å². The monoisotopic (exact) mass is 252 g/mol. The van der Waals surface area contributed by atoms with Gasteiger partial charge in [0.05, 0.1) is 13.2 Å². The minimum atomic E-state index is -0.197. The van der Waals surface area contributed by atoms with Crippen molar-refractivity contribution in [3.05, 3.63) is 11.6 Å². The van der Waals surface area contributed by atoms with Gasteiger partial charge in [-0.2, -0.15) is 0 Å². The summed E-state index contributed by atoms with van der Waals surface area (Å²) in [5, 5.41) is 8.76. The fraction of sp³-hybridized carbons (Fsp3) is 0.867. The Labute approximate surface area is 109 Å². The summed E-state index contributed by atoms with van der Waals surface area (Å²) in [5.74, 6) is 1.37. The van der Waals surface area contributed by atoms with Crippen LogP contribution in [0.15, 0.2) is 11.6 Å². The minimum absolute atomic E-state index is 0.197. The van der Waals surface area contributed by atoms with Gasteiger partial charge in [0.25, 0.3) is 0 Å². The van der Waals surface area contributed by atoms with E-state index in [2.05, 4.69) is 6.08 Å². The second kappa shape index (κ2) is 5.32. The molecule has 1 saturated heterocycles. The van der Waals surface area contributed by atoms with Gasteiger partial charge in [-0.1, -0.05) is 11.6 Å². The van der Waals surface area contributed by atoms with Crippen LogP contribution in [0.4, 0.5) is 0 Å². The molecule has 0 bridgehead atoms. The van der Waals surface area contributed by atoms with Gasteiger partial charge in [-0.05, 0) is 43.9 Å². The Morgan fingerprint density at radius 2 is 1.78 bits per heavy atom. The molecule has 2 atom stereocenters. The van der Waals surface area contributed by atoms with E-state index in [0.29, 0.717) is 6.61 Å². The van der Waals surface area contributed by atoms with Crippen LogP contribution in [0, 0.1) is 11.8 Å². The molecule has 2 aliphatic carbocycles. The molecule has 1 aliphatic heterocycles. The summed E-state index contributed by atoms with van der Waals surface area (Å²) in [6.07, 6.45) is 10.3. The van der Waals surface area contributed by atoms with Crippen molar-refractivity contribution in [2.75, 3.05) is 19.8 Å². The highest BCUT2D eigenvalue weighted by atomic mass is 16.7. The zero-order valence-electron chi connectivity index (χ0n) is 11.1. The highest BCUT2D eigenvalue weighted by Gasteiger charge is 2.51. The van der Waals surface area contributed by atoms with Crippen molar-refractivity contribution in [1.82, 2.24) is 0 Å². The molecule has 1 spiro atoms. The quantitative estimate of drug-likeness (QED) is 0.617. The first-order valence-electron chi connectivity index (χ1n) is 7.38. The first-order chi connectivity index (χ1) is 8.81. The molecule has 2 saturated carbocycles. The maximum Gasteiger partial charge on any atom is 0.169 e. The summed E-state index contributed by atoms with van der Waals surface area (Å²) >= 11 is 0. The van der Waals surface area contributed by atoms with E-state index in [0.717, 1.165) is 57.2 Å². The number of ether oxygens (including phenoxy) is 2. The molecule has 18 heavy (non-hydrogen) atoms. The lowest BCUT2D eigenvalue weighted by Crippen LogP contribution is -2.26. The molecule has 0 aromatic rings. The molecule has 0 radical (unpaired) electrons. The fourth-order valence-electron chi connectivity index (χ4n) is 3.91. The number of fused-ring (bicyclic) bond motifs is 1. The first kappa shape index (κ1) is 12.6. The van der Waals surface area contributed by atoms with Crippen molar-refractivity contribution in [3.63, 3.8) is 0 Å². The number of aliphatic hydroxyl groups excluding tert-OH is 1. The highest BCUT2D eigenvalue weighted by molar-refractivity contribution is 5.14. The molecule has 0 aromatic heterocycles. The molecule has 0 unspecified atom stereocenters. The number of allylic oxidation sites excluding steroid dienone is 2. The van der Waals surface area contributed by atoms with Gasteiger partial charge in [0.15, 0.2) is 5.79 Å². The van der Waals surface area contributed by atoms with Crippen LogP contribution in [0.1, 0.15) is 44.9 Å². The molecule has 1 N–H and O–H groups in total. The van der Waals surface area contributed by atoms with E-state index in [4.69, 9.17) is 14.6 Å². The molecule has 3 fully saturated rings. The van der Waals surface area contributed by atoms with Crippen molar-refractivity contribution in [1.29, 1.82) is 0 Å². The lowest BCUT2D eigenvalue weighted by atomic mass is 10.0. The molecule has 3 nitrogen and oxygen atoms in total. The minimum Gasteiger partial charge on any atom is -0.396 e. The van der Waals surface area contributed by atoms with Gasteiger partial charge >= 0.3 is 0 Å². The molecule has 102 valence electrons. The average Bonchev–Trinajstić information content (AvgIpc) is 3.01. The zero-order chi connectivity index (χ0) is 12.4. The largest absolute Gasteiger partial charge is 0.396 e. The maximum absolute atomic E-state index is 8.76. The van der Waals surface area contributed by atoms with Crippen molar-refractivity contribution in [3.8, 4) is 0 Å². The Morgan fingerprint density at radius 1 is 1.11 bits per heavy atom. The second-order valence-corrected chi connectivity index (χ2v) is 6.03. The predicted molar refractivity (Wildman–Crippen MR) is 69.1 cm³/mol. The van der Waals surface area contributed by atoms with Crippen molar-refractivity contribution >= 4 is 0 Å². The van der Waals surface area contributed by atoms with Crippen LogP contribution in [0.2, 0.25) is 0 Å². The molecule has 3 rings (SSSR count). The maximum atomic E-state index is 8.76. The van der Waals surface area contributed by atoms with Gasteiger partial charge in [-0.25, -0.2) is 0 Å². The van der Waals surface area contributed by atoms with Gasteiger partial charge < -0.3 is 14.6 Å². The molecular weight excluding hydrogens is 228 g/mol. The van der Waals surface area contributed by atoms with Gasteiger partial charge in [0.2, 0.25) is 0 Å². The lowest BCUT2D eigenvalue weighted by molar-refractivity contribution is -0.154. The molecule has 0 aromatic carbocycles. The third kappa shape index (κ3) is 2.49. The summed E-state index contributed by atoms with van der Waals surface area (Å²) in [4.78, 5) is 0. The van der Waals surface area contributed by atoms with Crippen LogP contribution in [0.3, 0.4) is 0 Å². The van der Waals surface area contributed by atoms with Gasteiger partial charge in [0, 0.05) is 19.4 Å². The number of aliphatic hydroxyl groups is 1. The standard InChI is InChI=1S/C15H24O3/c16-5-3-1-2-4-12-8-13-10-15(11-14(13)9-12)17-6-7-18-15/h4,13-14,16H,1-3,5-11H2/t13-,14+. The first-order valence-corrected chi connectivity index (χ1v) is 7.38. The summed E-state index contributed by atoms with van der Waals surface area (Å²) in [6, 6.07) is 0. The van der Waals surface area contributed by atoms with Crippen LogP contribution in [-0.2, 0) is 9.47 Å². The summed E-state index contributed by atoms with van der Waals surface area (Å²) in [7, 11) is 0. The Kier molecular flexibility index (Phi) is 3.73. The third-order valence-electron chi connectivity index (χ3n) is 4.72. The van der Waals surface area contributed by atoms with E-state index in [1.54, 1.807) is 5.57 Å². The predicted octanol–water partition coefficient (Wildman–Crippen LogP) is 2.64. The highest BCUT2D eigenvalue weighted by Crippen LogP contribution is 2.53. The Hall–Kier alpha value is -0.380. The Bertz CT molecular complexity index is 300. The topological polar surface area (TPSA) is 38.7 Å². The van der Waals surface area contributed by atoms with E-state index in [9.17, 15) is 0 Å². The normalized spacial score (nSPS) is 35.7. The van der Waals surface area contributed by atoms with Crippen LogP contribution >= 0.6 is 0 Å². The van der Waals surface area contributed by atoms with E-state index in [-0.39, 0.29) is 5.79 Å². The van der Waals surface area contributed by atoms with E-state index < -0.39 is 0 Å². The lowest BCUT2D eigenvalue weighted by Gasteiger charge is -2.22. The number of unbranched alkanes of at least 4 members (excludes halogenated alkanes) is 2. The van der Waals surface area contributed by atoms with Crippen molar-refractivity contribution < 1.29 is 14.6 Å². The Balaban J connectivity index is 1.50. The van der Waals surface area contributed by atoms with Gasteiger partial charge in [-0.15, -0.1) is 0 Å². The number of hydrogen-bond acceptors (Lipinski definition) is 3. The number of hydrogen-bond donors (Lipinski definition) is 1. The fourth-order valence-corrected chi connectivity index (χ4v) is 3.91. The van der Waals surface area contributed by atoms with Crippen molar-refractivity contribution in [2.45, 2.75) is 50.7 Å². The molecular formula is C15H24O3. The summed E-state index contributed by atoms with van der Waals surface area (Å²) in [5.41, 5.74) is 1.63. The SMILES string of the molecule is OCCCCC=C1C[C@@H]2CC3(C[C@@H]2C1)OCCO3. The third-order valence-corrected chi connectivity index (χ3v) is 4.72. The van der Waals surface area contributed by atoms with E-state index in [1.165, 1.54) is 12.8 Å². The Morgan fingerprint density at radius 3 is 2.39 bits per heavy atom. The molecule has 1 heterocycles. The smallest absolute Gasteiger partial charge is 0.169 e. The zero-order valence-corrected chi connectivity index (χ0v) is 11.1. The van der Waals surface area contributed by atoms with Crippen LogP contribution in [0.5, 0.6) is 0 Å². The van der Waals surface area contributed by atoms with Crippen molar-refractivity contribution in [2.24, 2.45) is 11.8 Å². The average molecular weight is 252 g/mol. The van der Waals surface area contributed by atoms with Gasteiger partial charge in [0.1, 0.15) is 0 Å². The molecule has 3 aliphatic rings. The van der Waals surface area contributed by atoms with Crippen LogP contribution < -0.4 is 0 Å². The molecule has 0 amide bonds.